The van der Waals surface area contributed by atoms with E-state index >= 15 is 0 Å². The van der Waals surface area contributed by atoms with E-state index in [1.165, 1.54) is 9.88 Å². The number of nitrogens with one attached hydrogen (secondary N) is 1. The third kappa shape index (κ3) is 5.55. The van der Waals surface area contributed by atoms with Crippen LogP contribution in [0.4, 0.5) is 5.00 Å². The van der Waals surface area contributed by atoms with Gasteiger partial charge in [0.05, 0.1) is 11.5 Å². The Morgan fingerprint density at radius 2 is 2.08 bits per heavy atom. The van der Waals surface area contributed by atoms with E-state index in [0.717, 1.165) is 50.1 Å². The number of halogens is 1. The molecule has 138 valence electrons. The molecule has 0 spiro atoms. The summed E-state index contributed by atoms with van der Waals surface area (Å²) in [7, 11) is 0. The summed E-state index contributed by atoms with van der Waals surface area (Å²) in [6.45, 7) is 9.93. The van der Waals surface area contributed by atoms with Gasteiger partial charge in [-0.3, -0.25) is 0 Å². The number of rotatable bonds is 5. The molecule has 3 rings (SSSR count). The van der Waals surface area contributed by atoms with Crippen LogP contribution in [0, 0.1) is 0 Å². The standard InChI is InChI=1S/C17H25N5S2.HI/c1-3-14-12-19-15(24-14)13-20-17(18-4-2)22-9-7-21(8-10-22)16-6-5-11-23-16;/h5-6,11-12H,3-4,7-10,13H2,1-2H3,(H,18,20);1H. The molecule has 0 aromatic carbocycles. The minimum Gasteiger partial charge on any atom is -0.360 e. The lowest BCUT2D eigenvalue weighted by Crippen LogP contribution is -2.52. The number of thiazole rings is 1. The van der Waals surface area contributed by atoms with Gasteiger partial charge in [-0.15, -0.1) is 46.7 Å². The number of anilines is 1. The molecule has 0 aliphatic carbocycles. The van der Waals surface area contributed by atoms with Crippen LogP contribution in [0.3, 0.4) is 0 Å². The first kappa shape index (κ1) is 20.4. The number of aliphatic imine (C=N–C) groups is 1. The summed E-state index contributed by atoms with van der Waals surface area (Å²) in [5, 5.41) is 8.04. The molecule has 0 amide bonds. The van der Waals surface area contributed by atoms with E-state index < -0.39 is 0 Å². The molecular weight excluding hydrogens is 465 g/mol. The highest BCUT2D eigenvalue weighted by atomic mass is 127. The summed E-state index contributed by atoms with van der Waals surface area (Å²) in [5.74, 6) is 1.01. The van der Waals surface area contributed by atoms with Gasteiger partial charge in [0.25, 0.3) is 0 Å². The van der Waals surface area contributed by atoms with E-state index in [1.807, 2.05) is 17.5 Å². The lowest BCUT2D eigenvalue weighted by Gasteiger charge is -2.37. The highest BCUT2D eigenvalue weighted by Crippen LogP contribution is 2.22. The van der Waals surface area contributed by atoms with Crippen molar-refractivity contribution in [2.45, 2.75) is 26.8 Å². The molecule has 2 aromatic heterocycles. The van der Waals surface area contributed by atoms with Gasteiger partial charge in [0, 0.05) is 43.8 Å². The van der Waals surface area contributed by atoms with E-state index in [9.17, 15) is 0 Å². The lowest BCUT2D eigenvalue weighted by atomic mass is 10.3. The van der Waals surface area contributed by atoms with Gasteiger partial charge in [-0.2, -0.15) is 0 Å². The number of piperazine rings is 1. The average molecular weight is 491 g/mol. The van der Waals surface area contributed by atoms with Gasteiger partial charge in [-0.05, 0) is 30.9 Å². The van der Waals surface area contributed by atoms with Crippen molar-refractivity contribution in [3.05, 3.63) is 33.6 Å². The first-order chi connectivity index (χ1) is 11.8. The lowest BCUT2D eigenvalue weighted by molar-refractivity contribution is 0.373. The van der Waals surface area contributed by atoms with Crippen LogP contribution < -0.4 is 10.2 Å². The topological polar surface area (TPSA) is 43.8 Å². The number of nitrogens with zero attached hydrogens (tertiary/aromatic N) is 4. The summed E-state index contributed by atoms with van der Waals surface area (Å²) in [4.78, 5) is 15.4. The van der Waals surface area contributed by atoms with Gasteiger partial charge in [-0.1, -0.05) is 6.92 Å². The maximum Gasteiger partial charge on any atom is 0.194 e. The van der Waals surface area contributed by atoms with Crippen molar-refractivity contribution >= 4 is 57.6 Å². The maximum absolute atomic E-state index is 4.81. The highest BCUT2D eigenvalue weighted by Gasteiger charge is 2.20. The molecule has 8 heteroatoms. The van der Waals surface area contributed by atoms with Gasteiger partial charge < -0.3 is 15.1 Å². The average Bonchev–Trinajstić information content (AvgIpc) is 3.30. The van der Waals surface area contributed by atoms with Crippen molar-refractivity contribution in [2.75, 3.05) is 37.6 Å². The third-order valence-electron chi connectivity index (χ3n) is 4.05. The Morgan fingerprint density at radius 1 is 1.28 bits per heavy atom. The monoisotopic (exact) mass is 491 g/mol. The Hall–Kier alpha value is -0.870. The van der Waals surface area contributed by atoms with Crippen molar-refractivity contribution in [3.8, 4) is 0 Å². The van der Waals surface area contributed by atoms with Crippen LogP contribution >= 0.6 is 46.7 Å². The van der Waals surface area contributed by atoms with Gasteiger partial charge in [0.15, 0.2) is 5.96 Å². The quantitative estimate of drug-likeness (QED) is 0.394. The number of hydrogen-bond acceptors (Lipinski definition) is 5. The fraction of sp³-hybridized carbons (Fsp3) is 0.529. The number of guanidine groups is 1. The second-order valence-corrected chi connectivity index (χ2v) is 7.80. The van der Waals surface area contributed by atoms with E-state index in [1.54, 1.807) is 11.3 Å². The predicted octanol–water partition coefficient (Wildman–Crippen LogP) is 3.67. The molecular formula is C17H26IN5S2. The Bertz CT molecular complexity index is 648. The van der Waals surface area contributed by atoms with Crippen LogP contribution in [0.1, 0.15) is 23.7 Å². The molecule has 0 bridgehead atoms. The van der Waals surface area contributed by atoms with Crippen LogP contribution in [-0.4, -0.2) is 48.6 Å². The zero-order valence-corrected chi connectivity index (χ0v) is 18.7. The largest absolute Gasteiger partial charge is 0.360 e. The number of aromatic nitrogens is 1. The van der Waals surface area contributed by atoms with Gasteiger partial charge in [0.2, 0.25) is 0 Å². The number of thiophene rings is 1. The predicted molar refractivity (Wildman–Crippen MR) is 120 cm³/mol. The molecule has 1 fully saturated rings. The van der Waals surface area contributed by atoms with Crippen molar-refractivity contribution in [3.63, 3.8) is 0 Å². The van der Waals surface area contributed by atoms with E-state index in [-0.39, 0.29) is 24.0 Å². The first-order valence-electron chi connectivity index (χ1n) is 8.55. The molecule has 1 saturated heterocycles. The number of hydrogen-bond donors (Lipinski definition) is 1. The van der Waals surface area contributed by atoms with Crippen LogP contribution in [0.5, 0.6) is 0 Å². The molecule has 2 aromatic rings. The van der Waals surface area contributed by atoms with Crippen LogP contribution in [-0.2, 0) is 13.0 Å². The molecule has 1 aliphatic rings. The molecule has 0 radical (unpaired) electrons. The third-order valence-corrected chi connectivity index (χ3v) is 6.10. The molecule has 0 atom stereocenters. The molecule has 25 heavy (non-hydrogen) atoms. The first-order valence-corrected chi connectivity index (χ1v) is 10.2. The van der Waals surface area contributed by atoms with Crippen molar-refractivity contribution in [2.24, 2.45) is 4.99 Å². The second kappa shape index (κ2) is 10.3. The van der Waals surface area contributed by atoms with E-state index in [4.69, 9.17) is 4.99 Å². The van der Waals surface area contributed by atoms with Gasteiger partial charge >= 0.3 is 0 Å². The minimum absolute atomic E-state index is 0. The zero-order valence-electron chi connectivity index (χ0n) is 14.8. The molecule has 0 saturated carbocycles. The van der Waals surface area contributed by atoms with E-state index in [0.29, 0.717) is 6.54 Å². The fourth-order valence-electron chi connectivity index (χ4n) is 2.74. The maximum atomic E-state index is 4.81. The van der Waals surface area contributed by atoms with Crippen molar-refractivity contribution in [1.29, 1.82) is 0 Å². The summed E-state index contributed by atoms with van der Waals surface area (Å²) >= 11 is 3.58. The molecule has 3 heterocycles. The second-order valence-electron chi connectivity index (χ2n) is 5.67. The van der Waals surface area contributed by atoms with Gasteiger partial charge in [0.1, 0.15) is 5.01 Å². The summed E-state index contributed by atoms with van der Waals surface area (Å²) in [6, 6.07) is 4.32. The van der Waals surface area contributed by atoms with Gasteiger partial charge in [-0.25, -0.2) is 9.98 Å². The smallest absolute Gasteiger partial charge is 0.194 e. The zero-order chi connectivity index (χ0) is 16.8. The Balaban J connectivity index is 0.00000225. The van der Waals surface area contributed by atoms with Crippen LogP contribution in [0.15, 0.2) is 28.7 Å². The van der Waals surface area contributed by atoms with Crippen molar-refractivity contribution in [1.82, 2.24) is 15.2 Å². The Labute approximate surface area is 175 Å². The highest BCUT2D eigenvalue weighted by molar-refractivity contribution is 14.0. The van der Waals surface area contributed by atoms with Crippen molar-refractivity contribution < 1.29 is 0 Å². The fourth-order valence-corrected chi connectivity index (χ4v) is 4.31. The summed E-state index contributed by atoms with van der Waals surface area (Å²) < 4.78 is 0. The Morgan fingerprint density at radius 3 is 2.68 bits per heavy atom. The summed E-state index contributed by atoms with van der Waals surface area (Å²) in [6.07, 6.45) is 3.02. The molecule has 0 unspecified atom stereocenters. The minimum atomic E-state index is 0. The van der Waals surface area contributed by atoms with Crippen LogP contribution in [0.2, 0.25) is 0 Å². The Kier molecular flexibility index (Phi) is 8.44. The molecule has 1 N–H and O–H groups in total. The summed E-state index contributed by atoms with van der Waals surface area (Å²) in [5.41, 5.74) is 0. The molecule has 1 aliphatic heterocycles. The number of aryl methyl sites for hydroxylation is 1. The van der Waals surface area contributed by atoms with E-state index in [2.05, 4.69) is 51.5 Å². The van der Waals surface area contributed by atoms with Crippen LogP contribution in [0.25, 0.3) is 0 Å². The normalized spacial score (nSPS) is 15.2. The SMILES string of the molecule is CCNC(=NCc1ncc(CC)s1)N1CCN(c2cccs2)CC1.I. The molecule has 5 nitrogen and oxygen atoms in total.